The van der Waals surface area contributed by atoms with E-state index in [1.54, 1.807) is 0 Å². The van der Waals surface area contributed by atoms with Crippen LogP contribution < -0.4 is 0 Å². The molecule has 0 N–H and O–H groups in total. The van der Waals surface area contributed by atoms with Gasteiger partial charge in [-0.2, -0.15) is 0 Å². The van der Waals surface area contributed by atoms with Gasteiger partial charge in [0.1, 0.15) is 0 Å². The maximum atomic E-state index is 11.4. The number of hydrogen-bond donors (Lipinski definition) is 0. The van der Waals surface area contributed by atoms with Crippen LogP contribution in [-0.2, 0) is 18.9 Å². The van der Waals surface area contributed by atoms with E-state index < -0.39 is 35.6 Å². The molecule has 1 aromatic heterocycles. The third-order valence-electron chi connectivity index (χ3n) is 1.42. The predicted octanol–water partition coefficient (Wildman–Crippen LogP) is -0.181. The van der Waals surface area contributed by atoms with Crippen molar-refractivity contribution < 1.29 is 16.8 Å². The van der Waals surface area contributed by atoms with Crippen LogP contribution in [0.5, 0.6) is 0 Å². The molecule has 0 unspecified atom stereocenters. The van der Waals surface area contributed by atoms with Crippen LogP contribution in [0.1, 0.15) is 0 Å². The Balaban J connectivity index is 2.87. The maximum absolute atomic E-state index is 11.4. The van der Waals surface area contributed by atoms with Crippen molar-refractivity contribution in [3.05, 3.63) is 18.5 Å². The van der Waals surface area contributed by atoms with Crippen molar-refractivity contribution in [2.75, 3.05) is 11.5 Å². The van der Waals surface area contributed by atoms with Gasteiger partial charge in [0.2, 0.25) is 24.0 Å². The Bertz CT molecular complexity index is 526. The lowest BCUT2D eigenvalue weighted by molar-refractivity contribution is 0.585. The monoisotopic (exact) mass is 270 g/mol. The van der Waals surface area contributed by atoms with Crippen LogP contribution in [0, 0.1) is 0 Å². The second-order valence-electron chi connectivity index (χ2n) is 2.59. The molecular weight excluding hydrogens is 264 g/mol. The van der Waals surface area contributed by atoms with Gasteiger partial charge in [-0.25, -0.2) is 26.8 Å². The Hall–Kier alpha value is -0.730. The standard InChI is InChI=1S/C6H7ClN2O4S2/c7-15(12,13)5-4-14(10,11)6-8-2-1-3-9-6/h1-3H,4-5H2. The highest BCUT2D eigenvalue weighted by Gasteiger charge is 2.20. The van der Waals surface area contributed by atoms with E-state index in [0.29, 0.717) is 0 Å². The predicted molar refractivity (Wildman–Crippen MR) is 53.7 cm³/mol. The van der Waals surface area contributed by atoms with Crippen LogP contribution in [0.15, 0.2) is 23.6 Å². The minimum Gasteiger partial charge on any atom is -0.227 e. The summed E-state index contributed by atoms with van der Waals surface area (Å²) in [5.41, 5.74) is 0. The fourth-order valence-corrected chi connectivity index (χ4v) is 3.61. The third kappa shape index (κ3) is 4.10. The molecule has 0 amide bonds. The summed E-state index contributed by atoms with van der Waals surface area (Å²) >= 11 is 0. The van der Waals surface area contributed by atoms with Crippen molar-refractivity contribution in [3.63, 3.8) is 0 Å². The zero-order valence-corrected chi connectivity index (χ0v) is 9.76. The number of rotatable bonds is 4. The third-order valence-corrected chi connectivity index (χ3v) is 4.34. The van der Waals surface area contributed by atoms with Crippen LogP contribution in [0.4, 0.5) is 0 Å². The van der Waals surface area contributed by atoms with Crippen LogP contribution in [0.3, 0.4) is 0 Å². The molecule has 0 spiro atoms. The number of nitrogens with zero attached hydrogens (tertiary/aromatic N) is 2. The molecule has 1 aromatic rings. The minimum absolute atomic E-state index is 0.398. The molecule has 0 fully saturated rings. The highest BCUT2D eigenvalue weighted by molar-refractivity contribution is 8.14. The topological polar surface area (TPSA) is 94.1 Å². The molecule has 0 aliphatic heterocycles. The Morgan fingerprint density at radius 2 is 1.60 bits per heavy atom. The fourth-order valence-electron chi connectivity index (χ4n) is 0.747. The molecular formula is C6H7ClN2O4S2. The van der Waals surface area contributed by atoms with E-state index in [0.717, 1.165) is 0 Å². The van der Waals surface area contributed by atoms with Crippen LogP contribution in [0.2, 0.25) is 0 Å². The van der Waals surface area contributed by atoms with Gasteiger partial charge in [-0.15, -0.1) is 0 Å². The fraction of sp³-hybridized carbons (Fsp3) is 0.333. The van der Waals surface area contributed by atoms with E-state index in [9.17, 15) is 16.8 Å². The van der Waals surface area contributed by atoms with Crippen molar-refractivity contribution in [2.24, 2.45) is 0 Å². The van der Waals surface area contributed by atoms with Crippen molar-refractivity contribution in [3.8, 4) is 0 Å². The van der Waals surface area contributed by atoms with Crippen LogP contribution in [0.25, 0.3) is 0 Å². The average Bonchev–Trinajstić information content (AvgIpc) is 2.16. The summed E-state index contributed by atoms with van der Waals surface area (Å²) in [6.45, 7) is 0. The highest BCUT2D eigenvalue weighted by Crippen LogP contribution is 2.05. The lowest BCUT2D eigenvalue weighted by Crippen LogP contribution is -2.16. The zero-order valence-electron chi connectivity index (χ0n) is 7.37. The quantitative estimate of drug-likeness (QED) is 0.556. The first-order chi connectivity index (χ1) is 6.81. The van der Waals surface area contributed by atoms with E-state index in [-0.39, 0.29) is 0 Å². The molecule has 0 aromatic carbocycles. The summed E-state index contributed by atoms with van der Waals surface area (Å²) in [5, 5.41) is -0.398. The van der Waals surface area contributed by atoms with E-state index in [2.05, 4.69) is 9.97 Å². The number of hydrogen-bond acceptors (Lipinski definition) is 6. The number of halogens is 1. The lowest BCUT2D eigenvalue weighted by Gasteiger charge is -1.99. The first-order valence-electron chi connectivity index (χ1n) is 3.73. The van der Waals surface area contributed by atoms with Gasteiger partial charge in [0.05, 0.1) is 11.5 Å². The molecule has 0 radical (unpaired) electrons. The van der Waals surface area contributed by atoms with Gasteiger partial charge >= 0.3 is 0 Å². The van der Waals surface area contributed by atoms with Crippen molar-refractivity contribution >= 4 is 29.6 Å². The molecule has 84 valence electrons. The molecule has 0 aliphatic rings. The molecule has 9 heteroatoms. The Morgan fingerprint density at radius 3 is 2.07 bits per heavy atom. The van der Waals surface area contributed by atoms with Crippen molar-refractivity contribution in [1.29, 1.82) is 0 Å². The zero-order chi connectivity index (χ0) is 11.5. The first kappa shape index (κ1) is 12.3. The smallest absolute Gasteiger partial charge is 0.227 e. The molecule has 0 saturated carbocycles. The summed E-state index contributed by atoms with van der Waals surface area (Å²) in [5.74, 6) is -1.28. The van der Waals surface area contributed by atoms with E-state index in [4.69, 9.17) is 10.7 Å². The van der Waals surface area contributed by atoms with Crippen molar-refractivity contribution in [1.82, 2.24) is 9.97 Å². The normalized spacial score (nSPS) is 12.6. The van der Waals surface area contributed by atoms with E-state index >= 15 is 0 Å². The molecule has 15 heavy (non-hydrogen) atoms. The summed E-state index contributed by atoms with van der Waals surface area (Å²) < 4.78 is 44.0. The summed E-state index contributed by atoms with van der Waals surface area (Å²) in [7, 11) is -2.71. The molecule has 0 saturated heterocycles. The van der Waals surface area contributed by atoms with Crippen LogP contribution in [-0.4, -0.2) is 38.3 Å². The van der Waals surface area contributed by atoms with Gasteiger partial charge in [-0.05, 0) is 6.07 Å². The molecule has 0 atom stereocenters. The van der Waals surface area contributed by atoms with Crippen LogP contribution >= 0.6 is 10.7 Å². The second-order valence-corrected chi connectivity index (χ2v) is 7.49. The highest BCUT2D eigenvalue weighted by atomic mass is 35.7. The van der Waals surface area contributed by atoms with E-state index in [1.165, 1.54) is 18.5 Å². The number of aromatic nitrogens is 2. The van der Waals surface area contributed by atoms with Gasteiger partial charge in [0, 0.05) is 23.1 Å². The molecule has 1 rings (SSSR count). The number of sulfone groups is 1. The summed E-state index contributed by atoms with van der Waals surface area (Å²) in [6, 6.07) is 1.46. The van der Waals surface area contributed by atoms with Gasteiger partial charge in [0.15, 0.2) is 0 Å². The minimum atomic E-state index is -3.83. The maximum Gasteiger partial charge on any atom is 0.247 e. The molecule has 0 aliphatic carbocycles. The van der Waals surface area contributed by atoms with Gasteiger partial charge < -0.3 is 0 Å². The Morgan fingerprint density at radius 1 is 1.07 bits per heavy atom. The Labute approximate surface area is 91.7 Å². The lowest BCUT2D eigenvalue weighted by atomic mass is 10.7. The molecule has 6 nitrogen and oxygen atoms in total. The second kappa shape index (κ2) is 4.42. The van der Waals surface area contributed by atoms with Gasteiger partial charge in [0.25, 0.3) is 0 Å². The van der Waals surface area contributed by atoms with Crippen molar-refractivity contribution in [2.45, 2.75) is 5.16 Å². The SMILES string of the molecule is O=S(=O)(Cl)CCS(=O)(=O)c1ncccn1. The largest absolute Gasteiger partial charge is 0.247 e. The van der Waals surface area contributed by atoms with Gasteiger partial charge in [-0.1, -0.05) is 0 Å². The van der Waals surface area contributed by atoms with E-state index in [1.807, 2.05) is 0 Å². The summed E-state index contributed by atoms with van der Waals surface area (Å²) in [4.78, 5) is 7.03. The molecule has 0 bridgehead atoms. The first-order valence-corrected chi connectivity index (χ1v) is 7.86. The Kier molecular flexibility index (Phi) is 3.63. The van der Waals surface area contributed by atoms with Gasteiger partial charge in [-0.3, -0.25) is 0 Å². The average molecular weight is 271 g/mol. The summed E-state index contributed by atoms with van der Waals surface area (Å²) in [6.07, 6.45) is 2.52. The molecule has 1 heterocycles.